The number of carbonyl (C=O) groups is 3. The maximum absolute atomic E-state index is 13.1. The summed E-state index contributed by atoms with van der Waals surface area (Å²) in [5.41, 5.74) is 0.814. The van der Waals surface area contributed by atoms with Crippen LogP contribution in [0.15, 0.2) is 36.4 Å². The molecule has 1 N–H and O–H groups in total. The molecule has 1 aliphatic rings. The Bertz CT molecular complexity index is 901. The summed E-state index contributed by atoms with van der Waals surface area (Å²) in [5.74, 6) is -1.98. The Kier molecular flexibility index (Phi) is 4.74. The molecule has 0 saturated heterocycles. The highest BCUT2D eigenvalue weighted by Crippen LogP contribution is 2.26. The fourth-order valence-electron chi connectivity index (χ4n) is 2.48. The van der Waals surface area contributed by atoms with Gasteiger partial charge in [-0.05, 0) is 36.4 Å². The van der Waals surface area contributed by atoms with Crippen LogP contribution >= 0.6 is 23.2 Å². The fraction of sp³-hybridized carbons (Fsp3) is 0.118. The topological polar surface area (TPSA) is 66.5 Å². The Labute approximate surface area is 152 Å². The van der Waals surface area contributed by atoms with Crippen LogP contribution in [-0.2, 0) is 4.79 Å². The van der Waals surface area contributed by atoms with E-state index in [9.17, 15) is 18.8 Å². The number of carbonyl (C=O) groups excluding carboxylic acids is 3. The summed E-state index contributed by atoms with van der Waals surface area (Å²) in [6.45, 7) is -0.0786. The Hall–Kier alpha value is -2.44. The monoisotopic (exact) mass is 380 g/mol. The second-order valence-electron chi connectivity index (χ2n) is 5.38. The summed E-state index contributed by atoms with van der Waals surface area (Å²) < 4.78 is 13.1. The second-order valence-corrected chi connectivity index (χ2v) is 6.22. The number of fused-ring (bicyclic) bond motifs is 1. The first-order valence-corrected chi connectivity index (χ1v) is 8.03. The average molecular weight is 381 g/mol. The Morgan fingerprint density at radius 1 is 1.04 bits per heavy atom. The lowest BCUT2D eigenvalue weighted by Gasteiger charge is -2.13. The first-order chi connectivity index (χ1) is 11.9. The maximum Gasteiger partial charge on any atom is 0.261 e. The van der Waals surface area contributed by atoms with Crippen molar-refractivity contribution in [1.82, 2.24) is 4.90 Å². The van der Waals surface area contributed by atoms with Crippen molar-refractivity contribution < 1.29 is 18.8 Å². The molecule has 0 aliphatic carbocycles. The van der Waals surface area contributed by atoms with Gasteiger partial charge in [-0.25, -0.2) is 4.39 Å². The van der Waals surface area contributed by atoms with Crippen molar-refractivity contribution in [2.45, 2.75) is 6.42 Å². The second kappa shape index (κ2) is 6.82. The van der Waals surface area contributed by atoms with E-state index in [1.807, 2.05) is 0 Å². The molecule has 25 heavy (non-hydrogen) atoms. The molecule has 0 unspecified atom stereocenters. The third kappa shape index (κ3) is 3.50. The average Bonchev–Trinajstić information content (AvgIpc) is 2.80. The molecule has 2 aromatic carbocycles. The number of hydrogen-bond donors (Lipinski definition) is 1. The van der Waals surface area contributed by atoms with Crippen LogP contribution in [0.2, 0.25) is 10.0 Å². The molecular formula is C17H11Cl2FN2O3. The van der Waals surface area contributed by atoms with Gasteiger partial charge in [0.2, 0.25) is 5.91 Å². The summed E-state index contributed by atoms with van der Waals surface area (Å²) in [6.07, 6.45) is -0.103. The summed E-state index contributed by atoms with van der Waals surface area (Å²) in [4.78, 5) is 37.5. The highest BCUT2D eigenvalue weighted by molar-refractivity contribution is 6.32. The van der Waals surface area contributed by atoms with E-state index in [4.69, 9.17) is 23.2 Å². The number of amides is 3. The van der Waals surface area contributed by atoms with E-state index in [0.29, 0.717) is 10.7 Å². The zero-order valence-electron chi connectivity index (χ0n) is 12.7. The van der Waals surface area contributed by atoms with Crippen LogP contribution in [-0.4, -0.2) is 29.2 Å². The molecule has 0 fully saturated rings. The zero-order chi connectivity index (χ0) is 18.1. The quantitative estimate of drug-likeness (QED) is 0.821. The van der Waals surface area contributed by atoms with Crippen LogP contribution in [0.1, 0.15) is 27.1 Å². The molecule has 5 nitrogen and oxygen atoms in total. The van der Waals surface area contributed by atoms with E-state index >= 15 is 0 Å². The van der Waals surface area contributed by atoms with Gasteiger partial charge in [0.05, 0.1) is 16.1 Å². The van der Waals surface area contributed by atoms with Crippen LogP contribution in [0.5, 0.6) is 0 Å². The zero-order valence-corrected chi connectivity index (χ0v) is 14.2. The van der Waals surface area contributed by atoms with Gasteiger partial charge in [-0.15, -0.1) is 0 Å². The van der Waals surface area contributed by atoms with Gasteiger partial charge in [0, 0.05) is 23.7 Å². The number of hydrogen-bond acceptors (Lipinski definition) is 3. The number of halogens is 3. The van der Waals surface area contributed by atoms with E-state index in [1.165, 1.54) is 30.3 Å². The van der Waals surface area contributed by atoms with Gasteiger partial charge in [0.15, 0.2) is 0 Å². The van der Waals surface area contributed by atoms with E-state index < -0.39 is 23.5 Å². The maximum atomic E-state index is 13.1. The van der Waals surface area contributed by atoms with E-state index in [1.54, 1.807) is 0 Å². The minimum Gasteiger partial charge on any atom is -0.326 e. The lowest BCUT2D eigenvalue weighted by atomic mass is 10.1. The molecule has 0 aromatic heterocycles. The molecule has 3 rings (SSSR count). The van der Waals surface area contributed by atoms with Gasteiger partial charge in [-0.3, -0.25) is 19.3 Å². The summed E-state index contributed by atoms with van der Waals surface area (Å²) in [5, 5.41) is 2.77. The Balaban J connectivity index is 1.64. The smallest absolute Gasteiger partial charge is 0.261 e. The Morgan fingerprint density at radius 3 is 2.48 bits per heavy atom. The predicted octanol–water partition coefficient (Wildman–Crippen LogP) is 3.76. The van der Waals surface area contributed by atoms with Crippen molar-refractivity contribution in [3.63, 3.8) is 0 Å². The molecule has 0 atom stereocenters. The largest absolute Gasteiger partial charge is 0.326 e. The van der Waals surface area contributed by atoms with Crippen LogP contribution < -0.4 is 5.32 Å². The summed E-state index contributed by atoms with van der Waals surface area (Å²) in [6, 6.07) is 8.21. The molecule has 2 aromatic rings. The van der Waals surface area contributed by atoms with Gasteiger partial charge < -0.3 is 5.32 Å². The molecule has 1 heterocycles. The normalized spacial score (nSPS) is 13.2. The molecule has 0 saturated carbocycles. The van der Waals surface area contributed by atoms with Gasteiger partial charge in [-0.2, -0.15) is 0 Å². The fourth-order valence-corrected chi connectivity index (χ4v) is 2.83. The highest BCUT2D eigenvalue weighted by atomic mass is 35.5. The van der Waals surface area contributed by atoms with Crippen molar-refractivity contribution in [3.05, 3.63) is 63.4 Å². The molecular weight excluding hydrogens is 370 g/mol. The third-order valence-electron chi connectivity index (χ3n) is 3.70. The molecule has 128 valence electrons. The molecule has 0 radical (unpaired) electrons. The summed E-state index contributed by atoms with van der Waals surface area (Å²) in [7, 11) is 0. The van der Waals surface area contributed by atoms with Gasteiger partial charge in [0.25, 0.3) is 11.8 Å². The van der Waals surface area contributed by atoms with Gasteiger partial charge in [0.1, 0.15) is 5.82 Å². The molecule has 8 heteroatoms. The van der Waals surface area contributed by atoms with Crippen LogP contribution in [0.3, 0.4) is 0 Å². The van der Waals surface area contributed by atoms with Crippen molar-refractivity contribution in [2.75, 3.05) is 11.9 Å². The van der Waals surface area contributed by atoms with Crippen LogP contribution in [0.25, 0.3) is 0 Å². The van der Waals surface area contributed by atoms with Crippen molar-refractivity contribution >= 4 is 46.6 Å². The lowest BCUT2D eigenvalue weighted by Crippen LogP contribution is -2.32. The van der Waals surface area contributed by atoms with Crippen LogP contribution in [0, 0.1) is 5.82 Å². The molecule has 0 bridgehead atoms. The summed E-state index contributed by atoms with van der Waals surface area (Å²) >= 11 is 11.5. The number of nitrogens with zero attached hydrogens (tertiary/aromatic N) is 1. The third-order valence-corrected chi connectivity index (χ3v) is 4.22. The van der Waals surface area contributed by atoms with E-state index in [2.05, 4.69) is 5.32 Å². The highest BCUT2D eigenvalue weighted by Gasteiger charge is 2.35. The first-order valence-electron chi connectivity index (χ1n) is 7.27. The van der Waals surface area contributed by atoms with Gasteiger partial charge in [-0.1, -0.05) is 23.2 Å². The molecule has 0 spiro atoms. The van der Waals surface area contributed by atoms with E-state index in [0.717, 1.165) is 11.0 Å². The lowest BCUT2D eigenvalue weighted by molar-refractivity contribution is -0.116. The minimum absolute atomic E-state index is 0.0786. The van der Waals surface area contributed by atoms with Crippen LogP contribution in [0.4, 0.5) is 10.1 Å². The first kappa shape index (κ1) is 17.4. The number of anilines is 1. The number of imide groups is 1. The Morgan fingerprint density at radius 2 is 1.76 bits per heavy atom. The van der Waals surface area contributed by atoms with Crippen molar-refractivity contribution in [3.8, 4) is 0 Å². The predicted molar refractivity (Wildman–Crippen MR) is 91.5 cm³/mol. The standard InChI is InChI=1S/C17H11Cl2FN2O3/c18-9-1-3-11-12(7-9)17(25)22(16(11)24)6-5-15(23)21-10-2-4-14(20)13(19)8-10/h1-4,7-8H,5-6H2,(H,21,23). The SMILES string of the molecule is O=C(CCN1C(=O)c2ccc(Cl)cc2C1=O)Nc1ccc(F)c(Cl)c1. The molecule has 1 aliphatic heterocycles. The number of benzene rings is 2. The minimum atomic E-state index is -0.593. The number of nitrogens with one attached hydrogen (secondary N) is 1. The number of rotatable bonds is 4. The van der Waals surface area contributed by atoms with Crippen molar-refractivity contribution in [2.24, 2.45) is 0 Å². The van der Waals surface area contributed by atoms with Crippen molar-refractivity contribution in [1.29, 1.82) is 0 Å². The van der Waals surface area contributed by atoms with Gasteiger partial charge >= 0.3 is 0 Å². The van der Waals surface area contributed by atoms with E-state index in [-0.39, 0.29) is 29.1 Å². The molecule has 3 amide bonds.